The van der Waals surface area contributed by atoms with Crippen LogP contribution < -0.4 is 21.3 Å². The molecule has 4 aromatic rings. The topological polar surface area (TPSA) is 146 Å². The minimum absolute atomic E-state index is 0.0718. The van der Waals surface area contributed by atoms with E-state index in [1.165, 1.54) is 0 Å². The highest BCUT2D eigenvalue weighted by molar-refractivity contribution is 6.38. The summed E-state index contributed by atoms with van der Waals surface area (Å²) < 4.78 is 0. The van der Waals surface area contributed by atoms with Gasteiger partial charge in [-0.05, 0) is 60.1 Å². The Hall–Kier alpha value is -5.64. The highest BCUT2D eigenvalue weighted by atomic mass is 16.2. The SMILES string of the molecule is C[C@@H]1NC(=O)CCc2cccc(c2)-c2cncc(c2)CC[C@@H](C(=O)N[C@@H](Cc2ccccc2)C(=O)C(=O)NCc2ccccc2)NC1=O. The third kappa shape index (κ3) is 9.45. The van der Waals surface area contributed by atoms with Crippen molar-refractivity contribution in [3.8, 4) is 11.1 Å². The van der Waals surface area contributed by atoms with E-state index in [0.29, 0.717) is 12.8 Å². The van der Waals surface area contributed by atoms with Crippen LogP contribution in [0.3, 0.4) is 0 Å². The van der Waals surface area contributed by atoms with E-state index in [1.807, 2.05) is 91.0 Å². The number of nitrogens with zero attached hydrogens (tertiary/aromatic N) is 1. The Balaban J connectivity index is 1.38. The molecule has 5 rings (SSSR count). The number of carbonyl (C=O) groups excluding carboxylic acids is 5. The standard InChI is InChI=1S/C38H39N5O5/c1-25-36(46)42-32(17-15-29-20-31(24-39-22-29)30-14-8-13-27(19-30)16-18-34(44)41-25)37(47)43-33(21-26-9-4-2-5-10-26)35(45)38(48)40-23-28-11-6-3-7-12-28/h2-14,19-20,22,24-25,32-33H,15-18,21,23H2,1H3,(H,40,48)(H,41,44)(H,42,46)(H,43,47)/t25-,32-,33-/m0/s1. The van der Waals surface area contributed by atoms with Gasteiger partial charge in [-0.2, -0.15) is 0 Å². The number of amides is 4. The van der Waals surface area contributed by atoms with Gasteiger partial charge in [-0.3, -0.25) is 29.0 Å². The second-order valence-electron chi connectivity index (χ2n) is 12.0. The molecule has 1 aliphatic heterocycles. The van der Waals surface area contributed by atoms with Crippen LogP contribution in [0.1, 0.15) is 42.0 Å². The van der Waals surface area contributed by atoms with Crippen LogP contribution in [-0.4, -0.2) is 52.5 Å². The molecule has 3 aromatic carbocycles. The van der Waals surface area contributed by atoms with Crippen molar-refractivity contribution in [2.45, 2.75) is 63.7 Å². The number of rotatable bonds is 8. The number of aryl methyl sites for hydroxylation is 2. The monoisotopic (exact) mass is 645 g/mol. The minimum atomic E-state index is -1.19. The average Bonchev–Trinajstić information content (AvgIpc) is 3.11. The van der Waals surface area contributed by atoms with Gasteiger partial charge in [-0.25, -0.2) is 0 Å². The molecule has 0 unspecified atom stereocenters. The predicted molar refractivity (Wildman–Crippen MR) is 181 cm³/mol. The Morgan fingerprint density at radius 3 is 2.25 bits per heavy atom. The van der Waals surface area contributed by atoms with E-state index >= 15 is 0 Å². The van der Waals surface area contributed by atoms with Crippen LogP contribution >= 0.6 is 0 Å². The summed E-state index contributed by atoms with van der Waals surface area (Å²) >= 11 is 0. The summed E-state index contributed by atoms with van der Waals surface area (Å²) in [4.78, 5) is 70.8. The fourth-order valence-corrected chi connectivity index (χ4v) is 5.56. The zero-order valence-electron chi connectivity index (χ0n) is 26.8. The third-order valence-corrected chi connectivity index (χ3v) is 8.26. The number of hydrogen-bond acceptors (Lipinski definition) is 6. The zero-order chi connectivity index (χ0) is 33.9. The Bertz CT molecular complexity index is 1760. The number of Topliss-reactive ketones (excluding diaryl/α,β-unsaturated/α-hetero) is 1. The lowest BCUT2D eigenvalue weighted by atomic mass is 9.98. The molecule has 4 amide bonds. The normalized spacial score (nSPS) is 17.3. The molecule has 4 N–H and O–H groups in total. The van der Waals surface area contributed by atoms with E-state index in [2.05, 4.69) is 26.3 Å². The molecule has 1 aromatic heterocycles. The Labute approximate surface area is 279 Å². The van der Waals surface area contributed by atoms with Gasteiger partial charge >= 0.3 is 0 Å². The first kappa shape index (κ1) is 33.7. The molecule has 48 heavy (non-hydrogen) atoms. The molecule has 0 aliphatic carbocycles. The summed E-state index contributed by atoms with van der Waals surface area (Å²) in [6.07, 6.45) is 4.77. The maximum Gasteiger partial charge on any atom is 0.289 e. The number of hydrogen-bond donors (Lipinski definition) is 4. The summed E-state index contributed by atoms with van der Waals surface area (Å²) in [6.45, 7) is 1.70. The second-order valence-corrected chi connectivity index (χ2v) is 12.0. The highest BCUT2D eigenvalue weighted by Gasteiger charge is 2.31. The Morgan fingerprint density at radius 1 is 0.792 bits per heavy atom. The largest absolute Gasteiger partial charge is 0.345 e. The van der Waals surface area contributed by atoms with Gasteiger partial charge in [0.1, 0.15) is 18.1 Å². The minimum Gasteiger partial charge on any atom is -0.345 e. The molecule has 1 aliphatic rings. The van der Waals surface area contributed by atoms with Crippen molar-refractivity contribution in [1.82, 2.24) is 26.3 Å². The van der Waals surface area contributed by atoms with Crippen LogP contribution in [0.2, 0.25) is 0 Å². The molecule has 0 saturated carbocycles. The summed E-state index contributed by atoms with van der Waals surface area (Å²) in [6, 6.07) is 25.0. The van der Waals surface area contributed by atoms with Crippen LogP contribution in [-0.2, 0) is 49.8 Å². The fourth-order valence-electron chi connectivity index (χ4n) is 5.56. The maximum atomic E-state index is 13.9. The number of pyridine rings is 1. The number of ketones is 1. The summed E-state index contributed by atoms with van der Waals surface area (Å²) in [7, 11) is 0. The molecule has 4 bridgehead atoms. The van der Waals surface area contributed by atoms with Gasteiger partial charge in [0.25, 0.3) is 5.91 Å². The number of benzene rings is 3. The number of fused-ring (bicyclic) bond motifs is 5. The molecular weight excluding hydrogens is 606 g/mol. The molecule has 2 heterocycles. The summed E-state index contributed by atoms with van der Waals surface area (Å²) in [5.74, 6) is -3.09. The molecule has 0 radical (unpaired) electrons. The van der Waals surface area contributed by atoms with E-state index in [-0.39, 0.29) is 31.7 Å². The molecule has 3 atom stereocenters. The van der Waals surface area contributed by atoms with E-state index in [0.717, 1.165) is 33.4 Å². The van der Waals surface area contributed by atoms with Crippen molar-refractivity contribution in [3.63, 3.8) is 0 Å². The van der Waals surface area contributed by atoms with E-state index < -0.39 is 41.6 Å². The molecular formula is C38H39N5O5. The number of aromatic nitrogens is 1. The fraction of sp³-hybridized carbons (Fsp3) is 0.263. The van der Waals surface area contributed by atoms with Gasteiger partial charge in [0, 0.05) is 37.3 Å². The van der Waals surface area contributed by atoms with E-state index in [4.69, 9.17) is 0 Å². The Morgan fingerprint density at radius 2 is 1.50 bits per heavy atom. The lowest BCUT2D eigenvalue weighted by Crippen LogP contribution is -2.56. The highest BCUT2D eigenvalue weighted by Crippen LogP contribution is 2.22. The van der Waals surface area contributed by atoms with Crippen LogP contribution in [0.4, 0.5) is 0 Å². The van der Waals surface area contributed by atoms with Gasteiger partial charge in [-0.1, -0.05) is 84.9 Å². The Kier molecular flexibility index (Phi) is 11.4. The first-order valence-corrected chi connectivity index (χ1v) is 16.1. The summed E-state index contributed by atoms with van der Waals surface area (Å²) in [5.41, 5.74) is 5.26. The molecule has 246 valence electrons. The summed E-state index contributed by atoms with van der Waals surface area (Å²) in [5, 5.41) is 10.9. The molecule has 10 nitrogen and oxygen atoms in total. The lowest BCUT2D eigenvalue weighted by molar-refractivity contribution is -0.140. The van der Waals surface area contributed by atoms with Crippen molar-refractivity contribution in [2.24, 2.45) is 0 Å². The quantitative estimate of drug-likeness (QED) is 0.217. The van der Waals surface area contributed by atoms with E-state index in [1.54, 1.807) is 19.3 Å². The lowest BCUT2D eigenvalue weighted by Gasteiger charge is -2.24. The third-order valence-electron chi connectivity index (χ3n) is 8.26. The second kappa shape index (κ2) is 16.3. The van der Waals surface area contributed by atoms with Crippen molar-refractivity contribution in [3.05, 3.63) is 126 Å². The van der Waals surface area contributed by atoms with Gasteiger partial charge in [0.2, 0.25) is 23.5 Å². The molecule has 0 spiro atoms. The molecule has 10 heteroatoms. The first-order chi connectivity index (χ1) is 23.2. The van der Waals surface area contributed by atoms with Crippen LogP contribution in [0.5, 0.6) is 0 Å². The van der Waals surface area contributed by atoms with E-state index in [9.17, 15) is 24.0 Å². The molecule has 0 saturated heterocycles. The van der Waals surface area contributed by atoms with Crippen LogP contribution in [0.25, 0.3) is 11.1 Å². The zero-order valence-corrected chi connectivity index (χ0v) is 26.8. The van der Waals surface area contributed by atoms with Crippen LogP contribution in [0.15, 0.2) is 103 Å². The number of carbonyl (C=O) groups is 5. The van der Waals surface area contributed by atoms with Crippen molar-refractivity contribution < 1.29 is 24.0 Å². The molecule has 0 fully saturated rings. The maximum absolute atomic E-state index is 13.9. The average molecular weight is 646 g/mol. The van der Waals surface area contributed by atoms with Crippen molar-refractivity contribution in [1.29, 1.82) is 0 Å². The van der Waals surface area contributed by atoms with Crippen molar-refractivity contribution in [2.75, 3.05) is 0 Å². The van der Waals surface area contributed by atoms with Crippen LogP contribution in [0, 0.1) is 0 Å². The number of nitrogens with one attached hydrogen (secondary N) is 4. The first-order valence-electron chi connectivity index (χ1n) is 16.1. The van der Waals surface area contributed by atoms with Gasteiger partial charge in [0.15, 0.2) is 0 Å². The van der Waals surface area contributed by atoms with Gasteiger partial charge in [-0.15, -0.1) is 0 Å². The smallest absolute Gasteiger partial charge is 0.289 e. The van der Waals surface area contributed by atoms with Crippen molar-refractivity contribution >= 4 is 29.4 Å². The van der Waals surface area contributed by atoms with Gasteiger partial charge in [0.05, 0.1) is 0 Å². The predicted octanol–water partition coefficient (Wildman–Crippen LogP) is 3.23. The van der Waals surface area contributed by atoms with Gasteiger partial charge < -0.3 is 21.3 Å².